The van der Waals surface area contributed by atoms with Crippen LogP contribution >= 0.6 is 0 Å². The number of hydrogen-bond donors (Lipinski definition) is 0. The molecule has 0 saturated heterocycles. The Morgan fingerprint density at radius 1 is 0.383 bits per heavy atom. The van der Waals surface area contributed by atoms with Crippen molar-refractivity contribution in [2.75, 3.05) is 0 Å². The van der Waals surface area contributed by atoms with Crippen LogP contribution in [0.25, 0.3) is 83.8 Å². The molecule has 0 fully saturated rings. The monoisotopic (exact) mass is 601 g/mol. The molecule has 0 aliphatic rings. The topological polar surface area (TPSA) is 56.5 Å². The number of benzene rings is 6. The van der Waals surface area contributed by atoms with Crippen molar-refractivity contribution in [1.82, 2.24) is 24.5 Å². The Balaban J connectivity index is 1.32. The number of rotatable bonds is 5. The van der Waals surface area contributed by atoms with Gasteiger partial charge in [0.05, 0.1) is 22.2 Å². The van der Waals surface area contributed by atoms with E-state index >= 15 is 0 Å². The molecule has 0 N–H and O–H groups in total. The smallest absolute Gasteiger partial charge is 0.164 e. The standard InChI is InChI=1S/C42H27N5/c1-4-15-28(16-5-1)38-37-34-24-11-13-26-36(34)47(39(37)33-23-10-12-25-35(33)43-38)32-22-14-21-31(27-32)42-45-40(29-17-6-2-7-18-29)44-41(46-42)30-19-8-3-9-20-30/h1-27H. The van der Waals surface area contributed by atoms with Crippen LogP contribution in [-0.2, 0) is 0 Å². The highest BCUT2D eigenvalue weighted by Crippen LogP contribution is 2.41. The third-order valence-electron chi connectivity index (χ3n) is 8.61. The van der Waals surface area contributed by atoms with Crippen LogP contribution in [0.3, 0.4) is 0 Å². The number of hydrogen-bond acceptors (Lipinski definition) is 4. The van der Waals surface area contributed by atoms with E-state index in [-0.39, 0.29) is 0 Å². The summed E-state index contributed by atoms with van der Waals surface area (Å²) in [6.07, 6.45) is 0. The van der Waals surface area contributed by atoms with Gasteiger partial charge in [0.25, 0.3) is 0 Å². The van der Waals surface area contributed by atoms with E-state index in [1.165, 1.54) is 0 Å². The fourth-order valence-corrected chi connectivity index (χ4v) is 6.48. The number of nitrogens with zero attached hydrogens (tertiary/aromatic N) is 5. The molecule has 0 amide bonds. The van der Waals surface area contributed by atoms with Crippen LogP contribution in [0.1, 0.15) is 0 Å². The zero-order valence-electron chi connectivity index (χ0n) is 25.3. The first-order valence-corrected chi connectivity index (χ1v) is 15.7. The van der Waals surface area contributed by atoms with Crippen molar-refractivity contribution in [3.8, 4) is 51.1 Å². The summed E-state index contributed by atoms with van der Waals surface area (Å²) in [4.78, 5) is 20.1. The van der Waals surface area contributed by atoms with E-state index in [1.807, 2.05) is 66.7 Å². The molecule has 0 spiro atoms. The minimum atomic E-state index is 0.622. The summed E-state index contributed by atoms with van der Waals surface area (Å²) >= 11 is 0. The van der Waals surface area contributed by atoms with Crippen molar-refractivity contribution in [3.63, 3.8) is 0 Å². The average Bonchev–Trinajstić information content (AvgIpc) is 3.51. The van der Waals surface area contributed by atoms with E-state index in [0.717, 1.165) is 66.3 Å². The summed E-state index contributed by atoms with van der Waals surface area (Å²) in [5, 5.41) is 3.39. The molecule has 3 aromatic heterocycles. The highest BCUT2D eigenvalue weighted by atomic mass is 15.0. The second kappa shape index (κ2) is 11.2. The first kappa shape index (κ1) is 26.9. The predicted molar refractivity (Wildman–Crippen MR) is 191 cm³/mol. The van der Waals surface area contributed by atoms with Gasteiger partial charge in [-0.25, -0.2) is 19.9 Å². The van der Waals surface area contributed by atoms with Gasteiger partial charge in [-0.1, -0.05) is 140 Å². The van der Waals surface area contributed by atoms with Crippen LogP contribution in [0, 0.1) is 0 Å². The van der Waals surface area contributed by atoms with Crippen molar-refractivity contribution >= 4 is 32.7 Å². The molecule has 9 aromatic rings. The number of fused-ring (bicyclic) bond motifs is 5. The van der Waals surface area contributed by atoms with Crippen LogP contribution < -0.4 is 0 Å². The molecule has 0 atom stereocenters. The van der Waals surface area contributed by atoms with Gasteiger partial charge in [-0.2, -0.15) is 0 Å². The van der Waals surface area contributed by atoms with Gasteiger partial charge in [-0.3, -0.25) is 0 Å². The third-order valence-corrected chi connectivity index (χ3v) is 8.61. The summed E-state index contributed by atoms with van der Waals surface area (Å²) in [5.74, 6) is 1.90. The van der Waals surface area contributed by atoms with Crippen molar-refractivity contribution in [2.45, 2.75) is 0 Å². The second-order valence-corrected chi connectivity index (χ2v) is 11.5. The molecular formula is C42H27N5. The normalized spacial score (nSPS) is 11.4. The van der Waals surface area contributed by atoms with E-state index in [4.69, 9.17) is 19.9 Å². The number of aromatic nitrogens is 5. The van der Waals surface area contributed by atoms with Crippen molar-refractivity contribution in [2.24, 2.45) is 0 Å². The average molecular weight is 602 g/mol. The van der Waals surface area contributed by atoms with Gasteiger partial charge in [0.2, 0.25) is 0 Å². The van der Waals surface area contributed by atoms with E-state index < -0.39 is 0 Å². The van der Waals surface area contributed by atoms with Crippen LogP contribution in [0.15, 0.2) is 164 Å². The summed E-state index contributed by atoms with van der Waals surface area (Å²) in [7, 11) is 0. The van der Waals surface area contributed by atoms with Crippen molar-refractivity contribution < 1.29 is 0 Å². The molecule has 220 valence electrons. The first-order chi connectivity index (χ1) is 23.3. The summed E-state index contributed by atoms with van der Waals surface area (Å²) in [5.41, 5.74) is 9.07. The fourth-order valence-electron chi connectivity index (χ4n) is 6.48. The Morgan fingerprint density at radius 2 is 0.894 bits per heavy atom. The maximum Gasteiger partial charge on any atom is 0.164 e. The second-order valence-electron chi connectivity index (χ2n) is 11.5. The lowest BCUT2D eigenvalue weighted by Crippen LogP contribution is -2.01. The van der Waals surface area contributed by atoms with E-state index in [2.05, 4.69) is 102 Å². The quantitative estimate of drug-likeness (QED) is 0.197. The lowest BCUT2D eigenvalue weighted by Gasteiger charge is -2.13. The Bertz CT molecular complexity index is 2500. The highest BCUT2D eigenvalue weighted by molar-refractivity contribution is 6.22. The van der Waals surface area contributed by atoms with Crippen LogP contribution in [-0.4, -0.2) is 24.5 Å². The van der Waals surface area contributed by atoms with Crippen molar-refractivity contribution in [1.29, 1.82) is 0 Å². The van der Waals surface area contributed by atoms with Gasteiger partial charge < -0.3 is 4.57 Å². The Labute approximate surface area is 271 Å². The molecule has 3 heterocycles. The van der Waals surface area contributed by atoms with Crippen LogP contribution in [0.2, 0.25) is 0 Å². The molecule has 0 aliphatic heterocycles. The van der Waals surface area contributed by atoms with Crippen LogP contribution in [0.4, 0.5) is 0 Å². The molecule has 47 heavy (non-hydrogen) atoms. The Hall–Kier alpha value is -6.46. The minimum absolute atomic E-state index is 0.622. The van der Waals surface area contributed by atoms with E-state index in [0.29, 0.717) is 17.5 Å². The molecule has 5 nitrogen and oxygen atoms in total. The molecule has 0 aliphatic carbocycles. The molecule has 0 bridgehead atoms. The van der Waals surface area contributed by atoms with Gasteiger partial charge in [0.1, 0.15) is 0 Å². The predicted octanol–water partition coefficient (Wildman–Crippen LogP) is 10.2. The largest absolute Gasteiger partial charge is 0.308 e. The zero-order chi connectivity index (χ0) is 31.2. The number of para-hydroxylation sites is 2. The highest BCUT2D eigenvalue weighted by Gasteiger charge is 2.21. The zero-order valence-corrected chi connectivity index (χ0v) is 25.3. The summed E-state index contributed by atoms with van der Waals surface area (Å²) in [6, 6.07) is 56.1. The third kappa shape index (κ3) is 4.64. The summed E-state index contributed by atoms with van der Waals surface area (Å²) in [6.45, 7) is 0. The lowest BCUT2D eigenvalue weighted by atomic mass is 10.0. The van der Waals surface area contributed by atoms with Crippen LogP contribution in [0.5, 0.6) is 0 Å². The van der Waals surface area contributed by atoms with Gasteiger partial charge in [-0.15, -0.1) is 0 Å². The maximum atomic E-state index is 5.23. The molecule has 9 rings (SSSR count). The van der Waals surface area contributed by atoms with Gasteiger partial charge in [0.15, 0.2) is 17.5 Å². The molecule has 0 unspecified atom stereocenters. The molecule has 5 heteroatoms. The van der Waals surface area contributed by atoms with Gasteiger partial charge in [-0.05, 0) is 24.3 Å². The minimum Gasteiger partial charge on any atom is -0.308 e. The first-order valence-electron chi connectivity index (χ1n) is 15.7. The number of pyridine rings is 1. The summed E-state index contributed by atoms with van der Waals surface area (Å²) < 4.78 is 2.36. The molecular weight excluding hydrogens is 574 g/mol. The Morgan fingerprint density at radius 3 is 1.55 bits per heavy atom. The molecule has 0 saturated carbocycles. The Kier molecular flexibility index (Phi) is 6.39. The molecule has 0 radical (unpaired) electrons. The SMILES string of the molecule is c1ccc(-c2nc(-c3ccccc3)nc(-c3cccc(-n4c5ccccc5c5c(-c6ccccc6)nc6ccccc6c54)c3)n2)cc1. The van der Waals surface area contributed by atoms with Gasteiger partial charge >= 0.3 is 0 Å². The van der Waals surface area contributed by atoms with E-state index in [1.54, 1.807) is 0 Å². The van der Waals surface area contributed by atoms with Crippen molar-refractivity contribution in [3.05, 3.63) is 164 Å². The van der Waals surface area contributed by atoms with Gasteiger partial charge in [0, 0.05) is 44.1 Å². The van der Waals surface area contributed by atoms with E-state index in [9.17, 15) is 0 Å². The fraction of sp³-hybridized carbons (Fsp3) is 0. The maximum absolute atomic E-state index is 5.23. The lowest BCUT2D eigenvalue weighted by molar-refractivity contribution is 1.07. The molecule has 6 aromatic carbocycles.